The van der Waals surface area contributed by atoms with E-state index in [1.807, 2.05) is 12.1 Å². The number of halogens is 1. The number of hydrogen-bond acceptors (Lipinski definition) is 2. The number of nitrogens with two attached hydrogens (primary N) is 1. The Morgan fingerprint density at radius 1 is 1.40 bits per heavy atom. The first-order chi connectivity index (χ1) is 6.97. The van der Waals surface area contributed by atoms with Crippen LogP contribution in [0.3, 0.4) is 0 Å². The van der Waals surface area contributed by atoms with Crippen LogP contribution in [0.2, 0.25) is 0 Å². The summed E-state index contributed by atoms with van der Waals surface area (Å²) < 4.78 is 1.10. The van der Waals surface area contributed by atoms with Crippen molar-refractivity contribution >= 4 is 21.6 Å². The number of hydrogen-bond donors (Lipinski definition) is 2. The van der Waals surface area contributed by atoms with Crippen LogP contribution in [0.15, 0.2) is 28.7 Å². The van der Waals surface area contributed by atoms with E-state index in [2.05, 4.69) is 47.2 Å². The van der Waals surface area contributed by atoms with Gasteiger partial charge in [-0.1, -0.05) is 22.0 Å². The lowest BCUT2D eigenvalue weighted by molar-refractivity contribution is 0.465. The summed E-state index contributed by atoms with van der Waals surface area (Å²) in [5.41, 5.74) is 7.00. The largest absolute Gasteiger partial charge is 0.385 e. The van der Waals surface area contributed by atoms with E-state index in [-0.39, 0.29) is 5.54 Å². The van der Waals surface area contributed by atoms with Crippen LogP contribution in [-0.4, -0.2) is 12.1 Å². The third kappa shape index (κ3) is 5.80. The van der Waals surface area contributed by atoms with Crippen LogP contribution in [0.1, 0.15) is 26.7 Å². The van der Waals surface area contributed by atoms with Crippen LogP contribution in [0.4, 0.5) is 5.69 Å². The second-order valence-electron chi connectivity index (χ2n) is 4.53. The van der Waals surface area contributed by atoms with Gasteiger partial charge in [0.05, 0.1) is 0 Å². The van der Waals surface area contributed by atoms with E-state index in [1.165, 1.54) is 0 Å². The molecule has 0 spiro atoms. The molecule has 0 amide bonds. The van der Waals surface area contributed by atoms with E-state index < -0.39 is 0 Å². The third-order valence-electron chi connectivity index (χ3n) is 2.15. The third-order valence-corrected chi connectivity index (χ3v) is 2.64. The number of nitrogens with one attached hydrogen (secondary N) is 1. The summed E-state index contributed by atoms with van der Waals surface area (Å²) in [5, 5.41) is 3.37. The van der Waals surface area contributed by atoms with Crippen molar-refractivity contribution in [2.24, 2.45) is 5.73 Å². The number of rotatable bonds is 5. The van der Waals surface area contributed by atoms with Crippen molar-refractivity contribution in [3.05, 3.63) is 28.7 Å². The number of anilines is 1. The van der Waals surface area contributed by atoms with Gasteiger partial charge >= 0.3 is 0 Å². The van der Waals surface area contributed by atoms with Crippen molar-refractivity contribution in [2.45, 2.75) is 32.2 Å². The van der Waals surface area contributed by atoms with Gasteiger partial charge in [-0.05, 0) is 44.9 Å². The molecule has 15 heavy (non-hydrogen) atoms. The van der Waals surface area contributed by atoms with Crippen LogP contribution in [0.5, 0.6) is 0 Å². The Balaban J connectivity index is 2.26. The Morgan fingerprint density at radius 3 is 2.73 bits per heavy atom. The minimum atomic E-state index is -0.0566. The maximum atomic E-state index is 5.90. The van der Waals surface area contributed by atoms with Gasteiger partial charge in [-0.2, -0.15) is 0 Å². The van der Waals surface area contributed by atoms with Gasteiger partial charge in [-0.15, -0.1) is 0 Å². The standard InChI is InChI=1S/C12H19BrN2/c1-12(2,14)7-4-8-15-11-6-3-5-10(13)9-11/h3,5-6,9,15H,4,7-8,14H2,1-2H3. The molecule has 0 unspecified atom stereocenters. The highest BCUT2D eigenvalue weighted by Crippen LogP contribution is 2.16. The Kier molecular flexibility index (Phi) is 4.61. The average molecular weight is 271 g/mol. The quantitative estimate of drug-likeness (QED) is 0.806. The van der Waals surface area contributed by atoms with Crippen molar-refractivity contribution in [1.29, 1.82) is 0 Å². The lowest BCUT2D eigenvalue weighted by atomic mass is 10.0. The highest BCUT2D eigenvalue weighted by Gasteiger charge is 2.08. The molecule has 3 heteroatoms. The molecule has 0 aliphatic rings. The predicted molar refractivity (Wildman–Crippen MR) is 70.1 cm³/mol. The van der Waals surface area contributed by atoms with Gasteiger partial charge in [0.2, 0.25) is 0 Å². The molecule has 0 aliphatic carbocycles. The van der Waals surface area contributed by atoms with E-state index in [4.69, 9.17) is 5.73 Å². The summed E-state index contributed by atoms with van der Waals surface area (Å²) >= 11 is 3.44. The number of benzene rings is 1. The van der Waals surface area contributed by atoms with E-state index in [9.17, 15) is 0 Å². The molecule has 0 aromatic heterocycles. The first kappa shape index (κ1) is 12.5. The molecule has 0 saturated carbocycles. The fraction of sp³-hybridized carbons (Fsp3) is 0.500. The van der Waals surface area contributed by atoms with Crippen LogP contribution in [-0.2, 0) is 0 Å². The van der Waals surface area contributed by atoms with Gasteiger partial charge in [-0.25, -0.2) is 0 Å². The lowest BCUT2D eigenvalue weighted by Crippen LogP contribution is -2.32. The zero-order valence-electron chi connectivity index (χ0n) is 9.39. The molecule has 1 aromatic rings. The summed E-state index contributed by atoms with van der Waals surface area (Å²) in [6, 6.07) is 8.19. The van der Waals surface area contributed by atoms with Gasteiger partial charge in [0.15, 0.2) is 0 Å². The van der Waals surface area contributed by atoms with Crippen molar-refractivity contribution in [3.8, 4) is 0 Å². The minimum absolute atomic E-state index is 0.0566. The van der Waals surface area contributed by atoms with Crippen LogP contribution >= 0.6 is 15.9 Å². The van der Waals surface area contributed by atoms with Gasteiger partial charge in [0.1, 0.15) is 0 Å². The Morgan fingerprint density at radius 2 is 2.13 bits per heavy atom. The highest BCUT2D eigenvalue weighted by atomic mass is 79.9. The zero-order valence-corrected chi connectivity index (χ0v) is 11.0. The topological polar surface area (TPSA) is 38.0 Å². The highest BCUT2D eigenvalue weighted by molar-refractivity contribution is 9.10. The molecular formula is C12H19BrN2. The molecule has 84 valence electrons. The molecule has 0 heterocycles. The second kappa shape index (κ2) is 5.52. The summed E-state index contributed by atoms with van der Waals surface area (Å²) in [6.45, 7) is 5.09. The molecule has 0 fully saturated rings. The van der Waals surface area contributed by atoms with Gasteiger partial charge in [0.25, 0.3) is 0 Å². The first-order valence-electron chi connectivity index (χ1n) is 5.26. The fourth-order valence-corrected chi connectivity index (χ4v) is 1.77. The zero-order chi connectivity index (χ0) is 11.3. The molecule has 3 N–H and O–H groups in total. The molecule has 1 rings (SSSR count). The van der Waals surface area contributed by atoms with Gasteiger partial charge in [-0.3, -0.25) is 0 Å². The summed E-state index contributed by atoms with van der Waals surface area (Å²) in [6.07, 6.45) is 2.13. The Labute approximate surface area is 100 Å². The Hall–Kier alpha value is -0.540. The minimum Gasteiger partial charge on any atom is -0.385 e. The average Bonchev–Trinajstić information content (AvgIpc) is 2.11. The maximum absolute atomic E-state index is 5.90. The molecule has 0 radical (unpaired) electrons. The van der Waals surface area contributed by atoms with E-state index >= 15 is 0 Å². The summed E-state index contributed by atoms with van der Waals surface area (Å²) in [5.74, 6) is 0. The molecule has 0 aliphatic heterocycles. The van der Waals surface area contributed by atoms with Crippen molar-refractivity contribution in [3.63, 3.8) is 0 Å². The normalized spacial score (nSPS) is 11.5. The Bertz CT molecular complexity index is 305. The predicted octanol–water partition coefficient (Wildman–Crippen LogP) is 3.38. The lowest BCUT2D eigenvalue weighted by Gasteiger charge is -2.18. The molecule has 2 nitrogen and oxygen atoms in total. The molecule has 0 saturated heterocycles. The molecular weight excluding hydrogens is 252 g/mol. The van der Waals surface area contributed by atoms with Crippen molar-refractivity contribution in [1.82, 2.24) is 0 Å². The van der Waals surface area contributed by atoms with E-state index in [0.29, 0.717) is 0 Å². The van der Waals surface area contributed by atoms with Crippen molar-refractivity contribution in [2.75, 3.05) is 11.9 Å². The van der Waals surface area contributed by atoms with Crippen LogP contribution < -0.4 is 11.1 Å². The van der Waals surface area contributed by atoms with Gasteiger partial charge in [0, 0.05) is 22.2 Å². The van der Waals surface area contributed by atoms with E-state index in [0.717, 1.165) is 29.5 Å². The first-order valence-corrected chi connectivity index (χ1v) is 6.05. The fourth-order valence-electron chi connectivity index (χ4n) is 1.38. The molecule has 0 atom stereocenters. The monoisotopic (exact) mass is 270 g/mol. The van der Waals surface area contributed by atoms with Crippen molar-refractivity contribution < 1.29 is 0 Å². The second-order valence-corrected chi connectivity index (χ2v) is 5.44. The molecule has 1 aromatic carbocycles. The smallest absolute Gasteiger partial charge is 0.0351 e. The summed E-state index contributed by atoms with van der Waals surface area (Å²) in [4.78, 5) is 0. The van der Waals surface area contributed by atoms with E-state index in [1.54, 1.807) is 0 Å². The maximum Gasteiger partial charge on any atom is 0.0351 e. The summed E-state index contributed by atoms with van der Waals surface area (Å²) in [7, 11) is 0. The molecule has 0 bridgehead atoms. The van der Waals surface area contributed by atoms with Gasteiger partial charge < -0.3 is 11.1 Å². The van der Waals surface area contributed by atoms with Crippen LogP contribution in [0.25, 0.3) is 0 Å². The SMILES string of the molecule is CC(C)(N)CCCNc1cccc(Br)c1. The van der Waals surface area contributed by atoms with Crippen LogP contribution in [0, 0.1) is 0 Å².